The number of carbonyl (C=O) groups excluding carboxylic acids is 1. The third kappa shape index (κ3) is 5.46. The van der Waals surface area contributed by atoms with Crippen molar-refractivity contribution in [2.45, 2.75) is 12.6 Å². The van der Waals surface area contributed by atoms with Crippen molar-refractivity contribution in [2.24, 2.45) is 5.84 Å². The van der Waals surface area contributed by atoms with Gasteiger partial charge in [-0.3, -0.25) is 19.5 Å². The fraction of sp³-hybridized carbons (Fsp3) is 0.857. The maximum Gasteiger partial charge on any atom is 0.390 e. The Morgan fingerprint density at radius 2 is 1.67 bits per heavy atom. The van der Waals surface area contributed by atoms with Crippen LogP contribution in [0.3, 0.4) is 0 Å². The number of halogens is 3. The summed E-state index contributed by atoms with van der Waals surface area (Å²) in [4.78, 5) is 25.3. The molecule has 0 fully saturated rings. The van der Waals surface area contributed by atoms with E-state index < -0.39 is 25.2 Å². The van der Waals surface area contributed by atoms with E-state index in [1.807, 2.05) is 0 Å². The smallest absolute Gasteiger partial charge is 0.259 e. The number of hydroxylamine groups is 1. The van der Waals surface area contributed by atoms with Crippen molar-refractivity contribution in [2.75, 3.05) is 27.9 Å². The molecule has 0 aromatic rings. The summed E-state index contributed by atoms with van der Waals surface area (Å²) in [7, 11) is 3.39. The van der Waals surface area contributed by atoms with Gasteiger partial charge in [-0.15, -0.1) is 0 Å². The third-order valence-electron chi connectivity index (χ3n) is 1.68. The largest absolute Gasteiger partial charge is 0.390 e. The van der Waals surface area contributed by atoms with Gasteiger partial charge in [0.15, 0.2) is 0 Å². The van der Waals surface area contributed by atoms with Gasteiger partial charge < -0.3 is 0 Å². The molecule has 0 aliphatic heterocycles. The van der Waals surface area contributed by atoms with Gasteiger partial charge in [0, 0.05) is 6.54 Å². The van der Waals surface area contributed by atoms with Crippen LogP contribution in [0.5, 0.6) is 0 Å². The summed E-state index contributed by atoms with van der Waals surface area (Å²) in [5.74, 6) is 5.17. The molecule has 0 aliphatic carbocycles. The van der Waals surface area contributed by atoms with Gasteiger partial charge in [-0.2, -0.15) is 13.2 Å². The second-order valence-electron chi connectivity index (χ2n) is 2.90. The summed E-state index contributed by atoms with van der Waals surface area (Å²) in [6.45, 7) is -0.733. The van der Waals surface area contributed by atoms with Crippen molar-refractivity contribution in [3.05, 3.63) is 0 Å². The van der Waals surface area contributed by atoms with Crippen LogP contribution in [0, 0.1) is 0 Å². The van der Waals surface area contributed by atoms with Crippen molar-refractivity contribution in [1.29, 1.82) is 0 Å². The second-order valence-corrected chi connectivity index (χ2v) is 2.90. The highest BCUT2D eigenvalue weighted by atomic mass is 19.4. The van der Waals surface area contributed by atoms with E-state index in [9.17, 15) is 18.0 Å². The number of urea groups is 1. The number of rotatable bonds is 6. The molecule has 0 unspecified atom stereocenters. The molecule has 0 aromatic heterocycles. The van der Waals surface area contributed by atoms with Crippen LogP contribution in [0.2, 0.25) is 0 Å². The van der Waals surface area contributed by atoms with Gasteiger partial charge in [0.05, 0.1) is 33.1 Å². The lowest BCUT2D eigenvalue weighted by molar-refractivity contribution is -0.493. The van der Waals surface area contributed by atoms with Crippen LogP contribution in [0.15, 0.2) is 0 Å². The van der Waals surface area contributed by atoms with Gasteiger partial charge in [0.2, 0.25) is 0 Å². The molecule has 2 N–H and O–H groups in total. The zero-order chi connectivity index (χ0) is 14.3. The van der Waals surface area contributed by atoms with E-state index in [1.165, 1.54) is 0 Å². The molecule has 18 heavy (non-hydrogen) atoms. The van der Waals surface area contributed by atoms with Crippen LogP contribution in [-0.2, 0) is 14.5 Å². The summed E-state index contributed by atoms with van der Waals surface area (Å²) >= 11 is 0. The lowest BCUT2D eigenvalue weighted by Gasteiger charge is -2.30. The molecule has 11 heteroatoms. The van der Waals surface area contributed by atoms with E-state index >= 15 is 0 Å². The number of alkyl halides is 3. The standard InChI is InChI=1S/C7H15F3N4O4/c1-16-13(14(17-2)18-3)6(15)12(11)5-4-7(8,9)10/h4-5,11H2,1-3H3. The van der Waals surface area contributed by atoms with Gasteiger partial charge in [0.1, 0.15) is 0 Å². The molecule has 0 bridgehead atoms. The van der Waals surface area contributed by atoms with E-state index in [0.717, 1.165) is 21.3 Å². The van der Waals surface area contributed by atoms with Crippen LogP contribution in [-0.4, -0.2) is 55.6 Å². The summed E-state index contributed by atoms with van der Waals surface area (Å²) < 4.78 is 35.9. The molecule has 0 aromatic carbocycles. The summed E-state index contributed by atoms with van der Waals surface area (Å²) in [5.41, 5.74) is 0. The number of hydrazine groups is 2. The average Bonchev–Trinajstić information content (AvgIpc) is 2.31. The van der Waals surface area contributed by atoms with Crippen molar-refractivity contribution >= 4 is 6.03 Å². The monoisotopic (exact) mass is 276 g/mol. The van der Waals surface area contributed by atoms with Gasteiger partial charge in [-0.1, -0.05) is 5.17 Å². The Kier molecular flexibility index (Phi) is 6.86. The number of amides is 2. The third-order valence-corrected chi connectivity index (χ3v) is 1.68. The Balaban J connectivity index is 4.49. The van der Waals surface area contributed by atoms with Crippen LogP contribution >= 0.6 is 0 Å². The SMILES string of the molecule is CON(OC)N(OC)C(=O)N(N)CCC(F)(F)F. The van der Waals surface area contributed by atoms with Gasteiger partial charge >= 0.3 is 12.2 Å². The van der Waals surface area contributed by atoms with E-state index in [4.69, 9.17) is 5.84 Å². The fourth-order valence-corrected chi connectivity index (χ4v) is 0.890. The number of hydrogen-bond acceptors (Lipinski definition) is 6. The lowest BCUT2D eigenvalue weighted by Crippen LogP contribution is -2.53. The van der Waals surface area contributed by atoms with Crippen molar-refractivity contribution in [3.8, 4) is 0 Å². The zero-order valence-electron chi connectivity index (χ0n) is 10.1. The first-order valence-electron chi connectivity index (χ1n) is 4.62. The van der Waals surface area contributed by atoms with E-state index in [2.05, 4.69) is 14.5 Å². The Hall–Kier alpha value is -1.14. The summed E-state index contributed by atoms with van der Waals surface area (Å²) in [5, 5.41) is 1.22. The van der Waals surface area contributed by atoms with Gasteiger partial charge in [0.25, 0.3) is 0 Å². The molecule has 108 valence electrons. The maximum atomic E-state index is 12.0. The first-order valence-corrected chi connectivity index (χ1v) is 4.62. The van der Waals surface area contributed by atoms with Crippen molar-refractivity contribution in [1.82, 2.24) is 15.5 Å². The molecule has 0 aliphatic rings. The molecular weight excluding hydrogens is 261 g/mol. The molecule has 0 heterocycles. The number of carbonyl (C=O) groups is 1. The van der Waals surface area contributed by atoms with E-state index in [0.29, 0.717) is 15.5 Å². The lowest BCUT2D eigenvalue weighted by atomic mass is 10.4. The Labute approximate surface area is 101 Å². The Bertz CT molecular complexity index is 262. The first kappa shape index (κ1) is 16.9. The molecule has 2 amide bonds. The number of hydrogen-bond donors (Lipinski definition) is 1. The summed E-state index contributed by atoms with van der Waals surface area (Å²) in [6.07, 6.45) is -5.66. The number of nitrogens with two attached hydrogens (primary N) is 1. The minimum atomic E-state index is -4.42. The minimum Gasteiger partial charge on any atom is -0.259 e. The molecule has 0 saturated carbocycles. The van der Waals surface area contributed by atoms with Crippen LogP contribution in [0.4, 0.5) is 18.0 Å². The van der Waals surface area contributed by atoms with E-state index in [1.54, 1.807) is 0 Å². The molecule has 0 spiro atoms. The Morgan fingerprint density at radius 1 is 1.17 bits per heavy atom. The van der Waals surface area contributed by atoms with Gasteiger partial charge in [-0.25, -0.2) is 10.6 Å². The maximum absolute atomic E-state index is 12.0. The van der Waals surface area contributed by atoms with E-state index in [-0.39, 0.29) is 0 Å². The highest BCUT2D eigenvalue weighted by Gasteiger charge is 2.31. The number of nitrogens with zero attached hydrogens (tertiary/aromatic N) is 3. The van der Waals surface area contributed by atoms with Gasteiger partial charge in [-0.05, 0) is 0 Å². The molecule has 0 atom stereocenters. The van der Waals surface area contributed by atoms with Crippen LogP contribution in [0.1, 0.15) is 6.42 Å². The Morgan fingerprint density at radius 3 is 2.00 bits per heavy atom. The van der Waals surface area contributed by atoms with Crippen LogP contribution < -0.4 is 5.84 Å². The molecule has 0 radical (unpaired) electrons. The predicted molar refractivity (Wildman–Crippen MR) is 51.7 cm³/mol. The topological polar surface area (TPSA) is 80.5 Å². The molecule has 8 nitrogen and oxygen atoms in total. The van der Waals surface area contributed by atoms with Crippen molar-refractivity contribution in [3.63, 3.8) is 0 Å². The van der Waals surface area contributed by atoms with Crippen LogP contribution in [0.25, 0.3) is 0 Å². The predicted octanol–water partition coefficient (Wildman–Crippen LogP) is 0.438. The zero-order valence-corrected chi connectivity index (χ0v) is 10.1. The molecule has 0 rings (SSSR count). The van der Waals surface area contributed by atoms with Crippen molar-refractivity contribution < 1.29 is 32.5 Å². The molecular formula is C7H15F3N4O4. The minimum absolute atomic E-state index is 0.321. The quantitative estimate of drug-likeness (QED) is 0.430. The molecule has 0 saturated heterocycles. The fourth-order valence-electron chi connectivity index (χ4n) is 0.890. The second kappa shape index (κ2) is 7.33. The normalized spacial score (nSPS) is 11.8. The average molecular weight is 276 g/mol. The summed E-state index contributed by atoms with van der Waals surface area (Å²) in [6, 6.07) is -1.09. The highest BCUT2D eigenvalue weighted by Crippen LogP contribution is 2.19. The highest BCUT2D eigenvalue weighted by molar-refractivity contribution is 5.71. The first-order chi connectivity index (χ1) is 8.26.